The molecule has 1 aromatic heterocycles. The van der Waals surface area contributed by atoms with Crippen LogP contribution < -0.4 is 0 Å². The summed E-state index contributed by atoms with van der Waals surface area (Å²) in [6.07, 6.45) is 0.528. The maximum atomic E-state index is 9.65. The number of para-hydroxylation sites is 1. The first-order valence-corrected chi connectivity index (χ1v) is 5.70. The molecule has 2 heteroatoms. The Morgan fingerprint density at radius 3 is 2.75 bits per heavy atom. The molecule has 0 bridgehead atoms. The van der Waals surface area contributed by atoms with Gasteiger partial charge in [-0.05, 0) is 31.9 Å². The third kappa shape index (κ3) is 1.81. The molecule has 1 atom stereocenters. The van der Waals surface area contributed by atoms with Crippen LogP contribution in [0, 0.1) is 6.92 Å². The second-order valence-corrected chi connectivity index (χ2v) is 4.18. The van der Waals surface area contributed by atoms with Gasteiger partial charge in [0.2, 0.25) is 0 Å². The van der Waals surface area contributed by atoms with Crippen LogP contribution in [-0.4, -0.2) is 10.1 Å². The molecule has 1 unspecified atom stereocenters. The molecule has 0 saturated carbocycles. The number of fused-ring (bicyclic) bond motifs is 1. The molecular weight excluding hydrogens is 198 g/mol. The second kappa shape index (κ2) is 4.22. The highest BCUT2D eigenvalue weighted by molar-refractivity contribution is 5.82. The normalized spacial score (nSPS) is 13.0. The maximum Gasteiger partial charge on any atom is 0.0779 e. The third-order valence-electron chi connectivity index (χ3n) is 2.99. The predicted octanol–water partition coefficient (Wildman–Crippen LogP) is 3.16. The van der Waals surface area contributed by atoms with E-state index >= 15 is 0 Å². The summed E-state index contributed by atoms with van der Waals surface area (Å²) in [5.74, 6) is 0. The minimum atomic E-state index is -0.456. The lowest BCUT2D eigenvalue weighted by Crippen LogP contribution is -1.99. The molecule has 0 aliphatic heterocycles. The van der Waals surface area contributed by atoms with E-state index in [1.165, 1.54) is 5.56 Å². The lowest BCUT2D eigenvalue weighted by molar-refractivity contribution is 0.198. The van der Waals surface area contributed by atoms with Crippen LogP contribution in [0.5, 0.6) is 0 Å². The van der Waals surface area contributed by atoms with Crippen molar-refractivity contribution in [3.8, 4) is 0 Å². The number of benzene rings is 1. The molecule has 0 spiro atoms. The van der Waals surface area contributed by atoms with Gasteiger partial charge in [-0.25, -0.2) is 0 Å². The molecule has 2 nitrogen and oxygen atoms in total. The van der Waals surface area contributed by atoms with Crippen LogP contribution >= 0.6 is 0 Å². The first-order valence-electron chi connectivity index (χ1n) is 5.70. The summed E-state index contributed by atoms with van der Waals surface area (Å²) >= 11 is 0. The highest BCUT2D eigenvalue weighted by Crippen LogP contribution is 2.24. The van der Waals surface area contributed by atoms with Crippen molar-refractivity contribution in [1.82, 2.24) is 4.98 Å². The SMILES string of the molecule is CCc1cccc2cc(C(C)O)c(C)nc12. The third-order valence-corrected chi connectivity index (χ3v) is 2.99. The van der Waals surface area contributed by atoms with E-state index in [1.807, 2.05) is 25.1 Å². The topological polar surface area (TPSA) is 33.1 Å². The summed E-state index contributed by atoms with van der Waals surface area (Å²) in [5.41, 5.74) is 4.16. The molecule has 1 heterocycles. The van der Waals surface area contributed by atoms with Gasteiger partial charge in [0.05, 0.1) is 11.6 Å². The van der Waals surface area contributed by atoms with Crippen molar-refractivity contribution < 1.29 is 5.11 Å². The number of rotatable bonds is 2. The first kappa shape index (κ1) is 11.1. The minimum absolute atomic E-state index is 0.456. The number of nitrogens with zero attached hydrogens (tertiary/aromatic N) is 1. The summed E-state index contributed by atoms with van der Waals surface area (Å²) in [6, 6.07) is 8.25. The predicted molar refractivity (Wildman–Crippen MR) is 66.5 cm³/mol. The van der Waals surface area contributed by atoms with Gasteiger partial charge in [-0.3, -0.25) is 4.98 Å². The number of hydrogen-bond donors (Lipinski definition) is 1. The lowest BCUT2D eigenvalue weighted by atomic mass is 10.0. The van der Waals surface area contributed by atoms with E-state index in [2.05, 4.69) is 18.0 Å². The Bertz CT molecular complexity index is 517. The van der Waals surface area contributed by atoms with Crippen LogP contribution in [-0.2, 0) is 6.42 Å². The van der Waals surface area contributed by atoms with Gasteiger partial charge in [0.15, 0.2) is 0 Å². The summed E-state index contributed by atoms with van der Waals surface area (Å²) in [7, 11) is 0. The van der Waals surface area contributed by atoms with Gasteiger partial charge in [0.1, 0.15) is 0 Å². The zero-order valence-electron chi connectivity index (χ0n) is 9.99. The zero-order chi connectivity index (χ0) is 11.7. The molecule has 16 heavy (non-hydrogen) atoms. The molecule has 0 fully saturated rings. The minimum Gasteiger partial charge on any atom is -0.389 e. The van der Waals surface area contributed by atoms with E-state index in [0.717, 1.165) is 28.6 Å². The molecule has 1 N–H and O–H groups in total. The molecule has 2 rings (SSSR count). The van der Waals surface area contributed by atoms with Crippen molar-refractivity contribution in [2.24, 2.45) is 0 Å². The first-order chi connectivity index (χ1) is 7.63. The fourth-order valence-electron chi connectivity index (χ4n) is 2.08. The number of aryl methyl sites for hydroxylation is 2. The maximum absolute atomic E-state index is 9.65. The van der Waals surface area contributed by atoms with Gasteiger partial charge >= 0.3 is 0 Å². The Labute approximate surface area is 96.0 Å². The fourth-order valence-corrected chi connectivity index (χ4v) is 2.08. The smallest absolute Gasteiger partial charge is 0.0779 e. The van der Waals surface area contributed by atoms with Gasteiger partial charge < -0.3 is 5.11 Å². The van der Waals surface area contributed by atoms with Crippen molar-refractivity contribution in [3.05, 3.63) is 41.1 Å². The van der Waals surface area contributed by atoms with Crippen LogP contribution in [0.2, 0.25) is 0 Å². The van der Waals surface area contributed by atoms with Crippen molar-refractivity contribution >= 4 is 10.9 Å². The van der Waals surface area contributed by atoms with E-state index < -0.39 is 6.10 Å². The van der Waals surface area contributed by atoms with E-state index in [4.69, 9.17) is 0 Å². The molecule has 0 radical (unpaired) electrons. The van der Waals surface area contributed by atoms with Crippen LogP contribution in [0.3, 0.4) is 0 Å². The molecular formula is C14H17NO. The number of aromatic nitrogens is 1. The van der Waals surface area contributed by atoms with Gasteiger partial charge in [0, 0.05) is 16.6 Å². The lowest BCUT2D eigenvalue weighted by Gasteiger charge is -2.11. The zero-order valence-corrected chi connectivity index (χ0v) is 9.99. The molecule has 0 amide bonds. The Balaban J connectivity index is 2.73. The second-order valence-electron chi connectivity index (χ2n) is 4.18. The van der Waals surface area contributed by atoms with Crippen molar-refractivity contribution in [1.29, 1.82) is 0 Å². The highest BCUT2D eigenvalue weighted by atomic mass is 16.3. The van der Waals surface area contributed by atoms with Crippen LogP contribution in [0.4, 0.5) is 0 Å². The molecule has 0 saturated heterocycles. The standard InChI is InChI=1S/C14H17NO/c1-4-11-6-5-7-12-8-13(10(3)16)9(2)15-14(11)12/h5-8,10,16H,4H2,1-3H3. The molecule has 0 aliphatic carbocycles. The molecule has 2 aromatic rings. The summed E-state index contributed by atoms with van der Waals surface area (Å²) in [5, 5.41) is 10.8. The number of aliphatic hydroxyl groups excluding tert-OH is 1. The number of pyridine rings is 1. The van der Waals surface area contributed by atoms with Gasteiger partial charge in [0.25, 0.3) is 0 Å². The Morgan fingerprint density at radius 1 is 1.38 bits per heavy atom. The van der Waals surface area contributed by atoms with Crippen LogP contribution in [0.15, 0.2) is 24.3 Å². The molecule has 0 aliphatic rings. The number of aliphatic hydroxyl groups is 1. The average Bonchev–Trinajstić information content (AvgIpc) is 2.27. The van der Waals surface area contributed by atoms with Crippen LogP contribution in [0.1, 0.15) is 36.8 Å². The van der Waals surface area contributed by atoms with Gasteiger partial charge in [-0.15, -0.1) is 0 Å². The van der Waals surface area contributed by atoms with E-state index in [9.17, 15) is 5.11 Å². The van der Waals surface area contributed by atoms with E-state index in [0.29, 0.717) is 0 Å². The summed E-state index contributed by atoms with van der Waals surface area (Å²) in [4.78, 5) is 4.61. The average molecular weight is 215 g/mol. The largest absolute Gasteiger partial charge is 0.389 e. The monoisotopic (exact) mass is 215 g/mol. The number of hydrogen-bond acceptors (Lipinski definition) is 2. The van der Waals surface area contributed by atoms with E-state index in [-0.39, 0.29) is 0 Å². The Hall–Kier alpha value is -1.41. The quantitative estimate of drug-likeness (QED) is 0.834. The Kier molecular flexibility index (Phi) is 2.92. The highest BCUT2D eigenvalue weighted by Gasteiger charge is 2.09. The molecule has 1 aromatic carbocycles. The van der Waals surface area contributed by atoms with Gasteiger partial charge in [-0.2, -0.15) is 0 Å². The molecule has 84 valence electrons. The summed E-state index contributed by atoms with van der Waals surface area (Å²) < 4.78 is 0. The van der Waals surface area contributed by atoms with Crippen LogP contribution in [0.25, 0.3) is 10.9 Å². The van der Waals surface area contributed by atoms with E-state index in [1.54, 1.807) is 6.92 Å². The van der Waals surface area contributed by atoms with Crippen molar-refractivity contribution in [2.45, 2.75) is 33.3 Å². The summed E-state index contributed by atoms with van der Waals surface area (Å²) in [6.45, 7) is 5.86. The van der Waals surface area contributed by atoms with Crippen molar-refractivity contribution in [2.75, 3.05) is 0 Å². The van der Waals surface area contributed by atoms with Crippen molar-refractivity contribution in [3.63, 3.8) is 0 Å². The fraction of sp³-hybridized carbons (Fsp3) is 0.357. The van der Waals surface area contributed by atoms with Gasteiger partial charge in [-0.1, -0.05) is 25.1 Å². The Morgan fingerprint density at radius 2 is 2.12 bits per heavy atom.